The van der Waals surface area contributed by atoms with Gasteiger partial charge in [0.25, 0.3) is 0 Å². The Morgan fingerprint density at radius 3 is 2.31 bits per heavy atom. The van der Waals surface area contributed by atoms with E-state index in [1.54, 1.807) is 6.07 Å². The first-order valence-electron chi connectivity index (χ1n) is 8.97. The Morgan fingerprint density at radius 2 is 1.62 bits per heavy atom. The molecule has 3 aromatic rings. The molecule has 0 saturated carbocycles. The maximum absolute atomic E-state index is 6.06. The molecule has 3 aromatic carbocycles. The molecule has 0 amide bonds. The Bertz CT molecular complexity index is 978. The molecule has 29 heavy (non-hydrogen) atoms. The monoisotopic (exact) mass is 513 g/mol. The van der Waals surface area contributed by atoms with Gasteiger partial charge in [0.1, 0.15) is 6.61 Å². The van der Waals surface area contributed by atoms with Crippen molar-refractivity contribution in [3.8, 4) is 11.5 Å². The average Bonchev–Trinajstić information content (AvgIpc) is 2.65. The smallest absolute Gasteiger partial charge is 0.175 e. The molecule has 0 fully saturated rings. The molecule has 3 nitrogen and oxygen atoms in total. The molecule has 0 aromatic heterocycles. The molecule has 7 heteroatoms. The number of anilines is 1. The van der Waals surface area contributed by atoms with E-state index in [0.717, 1.165) is 21.3 Å². The van der Waals surface area contributed by atoms with E-state index >= 15 is 0 Å². The van der Waals surface area contributed by atoms with Gasteiger partial charge >= 0.3 is 0 Å². The summed E-state index contributed by atoms with van der Waals surface area (Å²) >= 11 is 21.8. The molecular formula is C22H19BrCl3NO2. The third-order valence-electron chi connectivity index (χ3n) is 4.00. The Kier molecular flexibility index (Phi) is 7.96. The standard InChI is InChI=1S/C22H19BrCl3NO2/c1-2-28-21-8-15(12-27-19-10-17(25)9-18(26)11-19)7-20(23)22(21)29-13-14-4-3-5-16(24)6-14/h3-11,27H,2,12-13H2,1H3. The number of rotatable bonds is 8. The van der Waals surface area contributed by atoms with Crippen LogP contribution in [0.15, 0.2) is 59.1 Å². The lowest BCUT2D eigenvalue weighted by molar-refractivity contribution is 0.267. The van der Waals surface area contributed by atoms with Crippen LogP contribution in [-0.4, -0.2) is 6.61 Å². The molecule has 0 radical (unpaired) electrons. The van der Waals surface area contributed by atoms with E-state index in [1.165, 1.54) is 0 Å². The first-order chi connectivity index (χ1) is 13.9. The Morgan fingerprint density at radius 1 is 0.862 bits per heavy atom. The summed E-state index contributed by atoms with van der Waals surface area (Å²) in [6.07, 6.45) is 0. The highest BCUT2D eigenvalue weighted by Gasteiger charge is 2.13. The van der Waals surface area contributed by atoms with Gasteiger partial charge in [-0.2, -0.15) is 0 Å². The van der Waals surface area contributed by atoms with Gasteiger partial charge in [-0.3, -0.25) is 0 Å². The minimum Gasteiger partial charge on any atom is -0.490 e. The first kappa shape index (κ1) is 22.1. The summed E-state index contributed by atoms with van der Waals surface area (Å²) in [5.74, 6) is 1.33. The van der Waals surface area contributed by atoms with Crippen molar-refractivity contribution >= 4 is 56.4 Å². The van der Waals surface area contributed by atoms with Crippen LogP contribution in [-0.2, 0) is 13.2 Å². The summed E-state index contributed by atoms with van der Waals surface area (Å²) in [4.78, 5) is 0. The molecule has 0 bridgehead atoms. The Labute approximate surface area is 194 Å². The largest absolute Gasteiger partial charge is 0.490 e. The van der Waals surface area contributed by atoms with Crippen molar-refractivity contribution in [1.82, 2.24) is 0 Å². The van der Waals surface area contributed by atoms with Crippen molar-refractivity contribution in [3.05, 3.63) is 85.3 Å². The van der Waals surface area contributed by atoms with Crippen LogP contribution < -0.4 is 14.8 Å². The molecule has 0 aliphatic rings. The van der Waals surface area contributed by atoms with Crippen LogP contribution in [0.25, 0.3) is 0 Å². The number of nitrogens with one attached hydrogen (secondary N) is 1. The lowest BCUT2D eigenvalue weighted by Gasteiger charge is -2.16. The van der Waals surface area contributed by atoms with Crippen LogP contribution in [0.1, 0.15) is 18.1 Å². The topological polar surface area (TPSA) is 30.5 Å². The molecule has 152 valence electrons. The van der Waals surface area contributed by atoms with Gasteiger partial charge in [0.05, 0.1) is 11.1 Å². The molecule has 0 spiro atoms. The number of halogens is 4. The van der Waals surface area contributed by atoms with Gasteiger partial charge in [0.2, 0.25) is 0 Å². The Balaban J connectivity index is 1.76. The van der Waals surface area contributed by atoms with Crippen LogP contribution in [0.2, 0.25) is 15.1 Å². The molecule has 0 aliphatic carbocycles. The fourth-order valence-electron chi connectivity index (χ4n) is 2.77. The summed E-state index contributed by atoms with van der Waals surface area (Å²) in [7, 11) is 0. The normalized spacial score (nSPS) is 10.7. The summed E-state index contributed by atoms with van der Waals surface area (Å²) in [5.41, 5.74) is 2.85. The van der Waals surface area contributed by atoms with Crippen molar-refractivity contribution in [3.63, 3.8) is 0 Å². The quantitative estimate of drug-likeness (QED) is 0.330. The zero-order valence-corrected chi connectivity index (χ0v) is 19.5. The van der Waals surface area contributed by atoms with Gasteiger partial charge in [-0.25, -0.2) is 0 Å². The maximum atomic E-state index is 6.06. The van der Waals surface area contributed by atoms with E-state index in [1.807, 2.05) is 55.5 Å². The number of hydrogen-bond acceptors (Lipinski definition) is 3. The predicted octanol–water partition coefficient (Wildman–Crippen LogP) is 8.00. The minimum absolute atomic E-state index is 0.387. The summed E-state index contributed by atoms with van der Waals surface area (Å²) in [5, 5.41) is 5.17. The summed E-state index contributed by atoms with van der Waals surface area (Å²) < 4.78 is 12.6. The van der Waals surface area contributed by atoms with E-state index in [4.69, 9.17) is 44.3 Å². The molecule has 3 rings (SSSR count). The summed E-state index contributed by atoms with van der Waals surface area (Å²) in [6.45, 7) is 3.43. The fraction of sp³-hybridized carbons (Fsp3) is 0.182. The molecule has 0 aliphatic heterocycles. The van der Waals surface area contributed by atoms with Crippen molar-refractivity contribution in [2.24, 2.45) is 0 Å². The zero-order valence-electron chi connectivity index (χ0n) is 15.6. The van der Waals surface area contributed by atoms with Crippen LogP contribution in [0, 0.1) is 0 Å². The van der Waals surface area contributed by atoms with Gasteiger partial charge in [-0.1, -0.05) is 46.9 Å². The first-order valence-corrected chi connectivity index (χ1v) is 10.9. The van der Waals surface area contributed by atoms with Crippen molar-refractivity contribution < 1.29 is 9.47 Å². The predicted molar refractivity (Wildman–Crippen MR) is 125 cm³/mol. The zero-order chi connectivity index (χ0) is 20.8. The SMILES string of the molecule is CCOc1cc(CNc2cc(Cl)cc(Cl)c2)cc(Br)c1OCc1cccc(Cl)c1. The van der Waals surface area contributed by atoms with Gasteiger partial charge in [-0.05, 0) is 76.4 Å². The lowest BCUT2D eigenvalue weighted by atomic mass is 10.2. The second-order valence-electron chi connectivity index (χ2n) is 6.27. The highest BCUT2D eigenvalue weighted by atomic mass is 79.9. The lowest BCUT2D eigenvalue weighted by Crippen LogP contribution is -2.04. The van der Waals surface area contributed by atoms with Gasteiger partial charge < -0.3 is 14.8 Å². The molecule has 0 heterocycles. The number of ether oxygens (including phenoxy) is 2. The molecular weight excluding hydrogens is 497 g/mol. The second-order valence-corrected chi connectivity index (χ2v) is 8.43. The third-order valence-corrected chi connectivity index (χ3v) is 5.26. The summed E-state index contributed by atoms with van der Waals surface area (Å²) in [6, 6.07) is 16.9. The Hall–Kier alpha value is -1.59. The van der Waals surface area contributed by atoms with Gasteiger partial charge in [-0.15, -0.1) is 0 Å². The van der Waals surface area contributed by atoms with Crippen LogP contribution >= 0.6 is 50.7 Å². The molecule has 0 saturated heterocycles. The van der Waals surface area contributed by atoms with Crippen molar-refractivity contribution in [2.45, 2.75) is 20.1 Å². The van der Waals surface area contributed by atoms with Crippen LogP contribution in [0.4, 0.5) is 5.69 Å². The van der Waals surface area contributed by atoms with Crippen LogP contribution in [0.3, 0.4) is 0 Å². The van der Waals surface area contributed by atoms with Gasteiger partial charge in [0.15, 0.2) is 11.5 Å². The number of hydrogen-bond donors (Lipinski definition) is 1. The van der Waals surface area contributed by atoms with Gasteiger partial charge in [0, 0.05) is 27.3 Å². The van der Waals surface area contributed by atoms with E-state index in [9.17, 15) is 0 Å². The van der Waals surface area contributed by atoms with E-state index in [2.05, 4.69) is 21.2 Å². The highest BCUT2D eigenvalue weighted by Crippen LogP contribution is 2.38. The van der Waals surface area contributed by atoms with Crippen molar-refractivity contribution in [2.75, 3.05) is 11.9 Å². The minimum atomic E-state index is 0.387. The molecule has 0 atom stereocenters. The van der Waals surface area contributed by atoms with Crippen molar-refractivity contribution in [1.29, 1.82) is 0 Å². The maximum Gasteiger partial charge on any atom is 0.175 e. The molecule has 0 unspecified atom stereocenters. The van der Waals surface area contributed by atoms with E-state index in [-0.39, 0.29) is 0 Å². The third kappa shape index (κ3) is 6.45. The fourth-order valence-corrected chi connectivity index (χ4v) is 4.11. The molecule has 1 N–H and O–H groups in total. The van der Waals surface area contributed by atoms with E-state index < -0.39 is 0 Å². The second kappa shape index (κ2) is 10.4. The van der Waals surface area contributed by atoms with Crippen LogP contribution in [0.5, 0.6) is 11.5 Å². The van der Waals surface area contributed by atoms with E-state index in [0.29, 0.717) is 46.3 Å². The average molecular weight is 516 g/mol. The highest BCUT2D eigenvalue weighted by molar-refractivity contribution is 9.10. The number of benzene rings is 3.